The second-order valence-corrected chi connectivity index (χ2v) is 5.37. The van der Waals surface area contributed by atoms with E-state index in [1.807, 2.05) is 18.2 Å². The maximum absolute atomic E-state index is 9.38. The molecule has 1 unspecified atom stereocenters. The Morgan fingerprint density at radius 3 is 2.63 bits per heavy atom. The summed E-state index contributed by atoms with van der Waals surface area (Å²) in [5.74, 6) is 1.29. The van der Waals surface area contributed by atoms with Gasteiger partial charge in [-0.3, -0.25) is 0 Å². The van der Waals surface area contributed by atoms with E-state index in [1.165, 1.54) is 12.0 Å². The molecule has 0 spiro atoms. The van der Waals surface area contributed by atoms with Gasteiger partial charge in [0.1, 0.15) is 0 Å². The van der Waals surface area contributed by atoms with Crippen molar-refractivity contribution in [3.63, 3.8) is 0 Å². The monoisotopic (exact) mass is 258 g/mol. The first-order valence-electron chi connectivity index (χ1n) is 6.77. The molecule has 4 heteroatoms. The first-order valence-corrected chi connectivity index (χ1v) is 6.77. The molecule has 19 heavy (non-hydrogen) atoms. The second-order valence-electron chi connectivity index (χ2n) is 5.37. The van der Waals surface area contributed by atoms with Crippen molar-refractivity contribution in [3.05, 3.63) is 47.6 Å². The molecular formula is C15H18N2O2. The molecule has 0 bridgehead atoms. The lowest BCUT2D eigenvalue weighted by molar-refractivity contribution is 0.180. The number of hydrogen-bond acceptors (Lipinski definition) is 4. The molecule has 100 valence electrons. The van der Waals surface area contributed by atoms with E-state index in [0.717, 1.165) is 18.7 Å². The molecule has 1 aliphatic carbocycles. The highest BCUT2D eigenvalue weighted by molar-refractivity contribution is 5.35. The lowest BCUT2D eigenvalue weighted by Gasteiger charge is -2.39. The molecule has 1 heterocycles. The topological polar surface area (TPSA) is 59.2 Å². The van der Waals surface area contributed by atoms with Gasteiger partial charge < -0.3 is 9.63 Å². The molecule has 1 fully saturated rings. The first kappa shape index (κ1) is 12.4. The number of benzene rings is 1. The molecule has 3 rings (SSSR count). The standard InChI is InChI=1S/C15H18N2O2/c1-11(18)10-13-16-14(17-19-13)15(8-5-9-15)12-6-3-2-4-7-12/h2-4,6-7,11,18H,5,8-10H2,1H3. The summed E-state index contributed by atoms with van der Waals surface area (Å²) in [4.78, 5) is 4.48. The highest BCUT2D eigenvalue weighted by atomic mass is 16.5. The van der Waals surface area contributed by atoms with Crippen molar-refractivity contribution in [1.82, 2.24) is 10.1 Å². The van der Waals surface area contributed by atoms with Gasteiger partial charge in [-0.15, -0.1) is 0 Å². The maximum atomic E-state index is 9.38. The molecule has 0 saturated heterocycles. The number of aliphatic hydroxyl groups excluding tert-OH is 1. The molecule has 1 atom stereocenters. The van der Waals surface area contributed by atoms with Crippen LogP contribution in [0.4, 0.5) is 0 Å². The van der Waals surface area contributed by atoms with E-state index in [9.17, 15) is 5.11 Å². The van der Waals surface area contributed by atoms with Gasteiger partial charge in [0.2, 0.25) is 5.89 Å². The average molecular weight is 258 g/mol. The zero-order chi connectivity index (χ0) is 13.3. The van der Waals surface area contributed by atoms with E-state index < -0.39 is 6.10 Å². The van der Waals surface area contributed by atoms with Crippen molar-refractivity contribution in [3.8, 4) is 0 Å². The Balaban J connectivity index is 1.92. The van der Waals surface area contributed by atoms with Gasteiger partial charge in [0, 0.05) is 0 Å². The number of rotatable bonds is 4. The SMILES string of the molecule is CC(O)Cc1nc(C2(c3ccccc3)CCC2)no1. The summed E-state index contributed by atoms with van der Waals surface area (Å²) >= 11 is 0. The molecule has 1 aromatic carbocycles. The fourth-order valence-corrected chi connectivity index (χ4v) is 2.71. The largest absolute Gasteiger partial charge is 0.393 e. The summed E-state index contributed by atoms with van der Waals surface area (Å²) in [7, 11) is 0. The Labute approximate surface area is 112 Å². The highest BCUT2D eigenvalue weighted by Crippen LogP contribution is 2.47. The Kier molecular flexibility index (Phi) is 3.11. The van der Waals surface area contributed by atoms with Gasteiger partial charge in [0.15, 0.2) is 5.82 Å². The van der Waals surface area contributed by atoms with Crippen LogP contribution in [0.5, 0.6) is 0 Å². The van der Waals surface area contributed by atoms with Gasteiger partial charge in [0.25, 0.3) is 0 Å². The van der Waals surface area contributed by atoms with E-state index >= 15 is 0 Å². The smallest absolute Gasteiger partial charge is 0.229 e. The van der Waals surface area contributed by atoms with Crippen molar-refractivity contribution in [1.29, 1.82) is 0 Å². The second kappa shape index (κ2) is 4.78. The number of aliphatic hydroxyl groups is 1. The van der Waals surface area contributed by atoms with E-state index in [0.29, 0.717) is 12.3 Å². The minimum absolute atomic E-state index is 0.0816. The van der Waals surface area contributed by atoms with E-state index in [-0.39, 0.29) is 5.41 Å². The predicted octanol–water partition coefficient (Wildman–Crippen LogP) is 2.46. The Bertz CT molecular complexity index is 544. The van der Waals surface area contributed by atoms with Crippen molar-refractivity contribution in [2.75, 3.05) is 0 Å². The van der Waals surface area contributed by atoms with Gasteiger partial charge in [0.05, 0.1) is 17.9 Å². The van der Waals surface area contributed by atoms with Crippen molar-refractivity contribution < 1.29 is 9.63 Å². The maximum Gasteiger partial charge on any atom is 0.229 e. The average Bonchev–Trinajstić information content (AvgIpc) is 2.77. The van der Waals surface area contributed by atoms with Crippen LogP contribution in [0.25, 0.3) is 0 Å². The van der Waals surface area contributed by atoms with Gasteiger partial charge in [-0.05, 0) is 25.3 Å². The number of aromatic nitrogens is 2. The molecule has 0 radical (unpaired) electrons. The molecule has 1 saturated carbocycles. The van der Waals surface area contributed by atoms with Crippen molar-refractivity contribution >= 4 is 0 Å². The van der Waals surface area contributed by atoms with Crippen molar-refractivity contribution in [2.45, 2.75) is 44.1 Å². The van der Waals surface area contributed by atoms with Crippen LogP contribution in [0.3, 0.4) is 0 Å². The number of nitrogens with zero attached hydrogens (tertiary/aromatic N) is 2. The fraction of sp³-hybridized carbons (Fsp3) is 0.467. The summed E-state index contributed by atoms with van der Waals surface area (Å²) in [5.41, 5.74) is 1.17. The van der Waals surface area contributed by atoms with Crippen LogP contribution < -0.4 is 0 Å². The molecule has 0 amide bonds. The molecule has 2 aromatic rings. The molecule has 0 aliphatic heterocycles. The van der Waals surface area contributed by atoms with E-state index in [1.54, 1.807) is 6.92 Å². The van der Waals surface area contributed by atoms with Crippen LogP contribution >= 0.6 is 0 Å². The normalized spacial score (nSPS) is 18.8. The minimum Gasteiger partial charge on any atom is -0.393 e. The fourth-order valence-electron chi connectivity index (χ4n) is 2.71. The Morgan fingerprint density at radius 1 is 1.32 bits per heavy atom. The van der Waals surface area contributed by atoms with Gasteiger partial charge >= 0.3 is 0 Å². The lowest BCUT2D eigenvalue weighted by atomic mass is 9.64. The van der Waals surface area contributed by atoms with Crippen LogP contribution in [-0.4, -0.2) is 21.4 Å². The molecule has 1 aliphatic rings. The zero-order valence-electron chi connectivity index (χ0n) is 11.0. The first-order chi connectivity index (χ1) is 9.21. The van der Waals surface area contributed by atoms with Gasteiger partial charge in [-0.2, -0.15) is 4.98 Å². The minimum atomic E-state index is -0.456. The van der Waals surface area contributed by atoms with E-state index in [2.05, 4.69) is 22.3 Å². The van der Waals surface area contributed by atoms with Gasteiger partial charge in [-0.25, -0.2) is 0 Å². The van der Waals surface area contributed by atoms with Crippen LogP contribution in [-0.2, 0) is 11.8 Å². The molecule has 1 N–H and O–H groups in total. The lowest BCUT2D eigenvalue weighted by Crippen LogP contribution is -2.36. The zero-order valence-corrected chi connectivity index (χ0v) is 11.0. The Morgan fingerprint density at radius 2 is 2.05 bits per heavy atom. The summed E-state index contributed by atoms with van der Waals surface area (Å²) in [6.07, 6.45) is 3.27. The van der Waals surface area contributed by atoms with Crippen molar-refractivity contribution in [2.24, 2.45) is 0 Å². The summed E-state index contributed by atoms with van der Waals surface area (Å²) in [6, 6.07) is 10.4. The third-order valence-electron chi connectivity index (χ3n) is 3.90. The summed E-state index contributed by atoms with van der Waals surface area (Å²) < 4.78 is 5.26. The Hall–Kier alpha value is -1.68. The predicted molar refractivity (Wildman–Crippen MR) is 70.8 cm³/mol. The van der Waals surface area contributed by atoms with Crippen LogP contribution in [0.2, 0.25) is 0 Å². The summed E-state index contributed by atoms with van der Waals surface area (Å²) in [5, 5.41) is 13.5. The molecule has 4 nitrogen and oxygen atoms in total. The van der Waals surface area contributed by atoms with Crippen LogP contribution in [0.1, 0.15) is 43.5 Å². The summed E-state index contributed by atoms with van der Waals surface area (Å²) in [6.45, 7) is 1.72. The highest BCUT2D eigenvalue weighted by Gasteiger charge is 2.44. The quantitative estimate of drug-likeness (QED) is 0.915. The van der Waals surface area contributed by atoms with E-state index in [4.69, 9.17) is 4.52 Å². The number of hydrogen-bond donors (Lipinski definition) is 1. The van der Waals surface area contributed by atoms with Crippen LogP contribution in [0, 0.1) is 0 Å². The van der Waals surface area contributed by atoms with Crippen LogP contribution in [0.15, 0.2) is 34.9 Å². The molecular weight excluding hydrogens is 240 g/mol. The van der Waals surface area contributed by atoms with Gasteiger partial charge in [-0.1, -0.05) is 41.9 Å². The third-order valence-corrected chi connectivity index (χ3v) is 3.90. The molecule has 1 aromatic heterocycles. The third kappa shape index (κ3) is 2.16.